The molecule has 1 saturated heterocycles. The van der Waals surface area contributed by atoms with Gasteiger partial charge in [-0.1, -0.05) is 37.1 Å². The Labute approximate surface area is 218 Å². The van der Waals surface area contributed by atoms with Gasteiger partial charge in [-0.2, -0.15) is 15.1 Å². The summed E-state index contributed by atoms with van der Waals surface area (Å²) in [7, 11) is 1.85. The van der Waals surface area contributed by atoms with Gasteiger partial charge < -0.3 is 14.0 Å². The van der Waals surface area contributed by atoms with E-state index in [-0.39, 0.29) is 5.41 Å². The number of hydrogen-bond acceptors (Lipinski definition) is 7. The number of aliphatic imine (C=N–C) groups is 1. The predicted molar refractivity (Wildman–Crippen MR) is 140 cm³/mol. The second-order valence-corrected chi connectivity index (χ2v) is 10.5. The van der Waals surface area contributed by atoms with E-state index in [4.69, 9.17) is 26.1 Å². The van der Waals surface area contributed by atoms with Gasteiger partial charge in [0, 0.05) is 18.5 Å². The van der Waals surface area contributed by atoms with Gasteiger partial charge in [-0.3, -0.25) is 0 Å². The standard InChI is InChI=1S/C25H27ClN9O2/c1-14-8-20-27-10-16(12-34(20)31-14)37-17-11-28-23-22(21(17)26)33(5)24(30-23)29-19-9-18(25(2,3)4)35(32-19)15-6-7-36-13-15/h8-12H,6-7,13H2,1-5H3,(H,28,29,30,32)/q+1/b35-15+. The van der Waals surface area contributed by atoms with Crippen LogP contribution in [0.1, 0.15) is 32.9 Å². The topological polar surface area (TPSA) is 107 Å². The molecule has 2 aliphatic heterocycles. The van der Waals surface area contributed by atoms with Gasteiger partial charge in [0.05, 0.1) is 43.4 Å². The van der Waals surface area contributed by atoms with E-state index < -0.39 is 0 Å². The Kier molecular flexibility index (Phi) is 5.50. The van der Waals surface area contributed by atoms with Crippen LogP contribution in [0.5, 0.6) is 11.5 Å². The SMILES string of the molecule is Cc1cc2ncc(Oc3cnc4nc(/N=C5C=C(C(C)(C)C)/[N+](=C6/CCOC6)N\5)n(C)c4c3Cl)cn2n1. The summed E-state index contributed by atoms with van der Waals surface area (Å²) in [5, 5.41) is 4.76. The molecule has 0 aliphatic carbocycles. The molecule has 0 saturated carbocycles. The summed E-state index contributed by atoms with van der Waals surface area (Å²) >= 11 is 6.77. The maximum Gasteiger partial charge on any atom is 0.234 e. The Morgan fingerprint density at radius 1 is 1.24 bits per heavy atom. The fourth-order valence-electron chi connectivity index (χ4n) is 4.43. The monoisotopic (exact) mass is 520 g/mol. The lowest BCUT2D eigenvalue weighted by Gasteiger charge is -2.15. The Balaban J connectivity index is 1.35. The van der Waals surface area contributed by atoms with Crippen molar-refractivity contribution in [2.24, 2.45) is 17.5 Å². The van der Waals surface area contributed by atoms with Crippen LogP contribution in [0.2, 0.25) is 5.02 Å². The van der Waals surface area contributed by atoms with Crippen molar-refractivity contribution < 1.29 is 14.2 Å². The van der Waals surface area contributed by atoms with E-state index in [0.717, 1.165) is 30.1 Å². The molecule has 37 heavy (non-hydrogen) atoms. The molecule has 0 amide bonds. The lowest BCUT2D eigenvalue weighted by molar-refractivity contribution is -0.528. The van der Waals surface area contributed by atoms with Crippen LogP contribution in [-0.4, -0.2) is 58.6 Å². The number of fused-ring (bicyclic) bond motifs is 2. The number of imidazole rings is 1. The molecular formula is C25H27ClN9O2+. The third-order valence-electron chi connectivity index (χ3n) is 6.27. The van der Waals surface area contributed by atoms with Crippen LogP contribution in [0.25, 0.3) is 16.8 Å². The highest BCUT2D eigenvalue weighted by Crippen LogP contribution is 2.36. The van der Waals surface area contributed by atoms with Crippen LogP contribution >= 0.6 is 11.6 Å². The van der Waals surface area contributed by atoms with Crippen molar-refractivity contribution in [1.82, 2.24) is 34.6 Å². The van der Waals surface area contributed by atoms with Crippen molar-refractivity contribution in [3.8, 4) is 11.5 Å². The number of pyridine rings is 1. The number of ether oxygens (including phenoxy) is 2. The Hall–Kier alpha value is -3.83. The van der Waals surface area contributed by atoms with Crippen LogP contribution in [0.15, 0.2) is 41.4 Å². The summed E-state index contributed by atoms with van der Waals surface area (Å²) in [6, 6.07) is 1.89. The fourth-order valence-corrected chi connectivity index (χ4v) is 4.72. The highest BCUT2D eigenvalue weighted by Gasteiger charge is 2.38. The minimum atomic E-state index is -0.0872. The quantitative estimate of drug-likeness (QED) is 0.405. The fraction of sp³-hybridized carbons (Fsp3) is 0.360. The third kappa shape index (κ3) is 4.23. The lowest BCUT2D eigenvalue weighted by atomic mass is 9.92. The minimum Gasteiger partial charge on any atom is -0.451 e. The van der Waals surface area contributed by atoms with Crippen molar-refractivity contribution in [1.29, 1.82) is 0 Å². The van der Waals surface area contributed by atoms with E-state index in [2.05, 4.69) is 50.9 Å². The van der Waals surface area contributed by atoms with Gasteiger partial charge in [-0.25, -0.2) is 14.5 Å². The normalized spacial score (nSPS) is 19.3. The van der Waals surface area contributed by atoms with Crippen molar-refractivity contribution >= 4 is 45.9 Å². The van der Waals surface area contributed by atoms with Crippen LogP contribution in [-0.2, 0) is 11.8 Å². The summed E-state index contributed by atoms with van der Waals surface area (Å²) in [6.07, 6.45) is 7.86. The molecule has 6 rings (SSSR count). The van der Waals surface area contributed by atoms with Gasteiger partial charge in [0.1, 0.15) is 17.1 Å². The Bertz CT molecular complexity index is 1650. The molecule has 11 nitrogen and oxygen atoms in total. The van der Waals surface area contributed by atoms with Crippen molar-refractivity contribution in [3.63, 3.8) is 0 Å². The number of hydrogen-bond donors (Lipinski definition) is 1. The summed E-state index contributed by atoms with van der Waals surface area (Å²) in [5.41, 5.74) is 8.33. The predicted octanol–water partition coefficient (Wildman–Crippen LogP) is 4.12. The van der Waals surface area contributed by atoms with E-state index in [1.807, 2.05) is 30.7 Å². The maximum atomic E-state index is 6.77. The highest BCUT2D eigenvalue weighted by atomic mass is 35.5. The zero-order valence-electron chi connectivity index (χ0n) is 21.3. The van der Waals surface area contributed by atoms with E-state index >= 15 is 0 Å². The maximum absolute atomic E-state index is 6.77. The second kappa shape index (κ2) is 8.63. The molecule has 190 valence electrons. The number of hydrazone groups is 1. The smallest absolute Gasteiger partial charge is 0.234 e. The summed E-state index contributed by atoms with van der Waals surface area (Å²) in [5.74, 6) is 2.03. The number of rotatable bonds is 3. The van der Waals surface area contributed by atoms with E-state index in [1.54, 1.807) is 23.1 Å². The first-order valence-corrected chi connectivity index (χ1v) is 12.4. The number of aryl methyl sites for hydroxylation is 2. The third-order valence-corrected chi connectivity index (χ3v) is 6.64. The molecule has 0 bridgehead atoms. The van der Waals surface area contributed by atoms with E-state index in [9.17, 15) is 0 Å². The number of hydrazine groups is 1. The minimum absolute atomic E-state index is 0.0872. The first-order chi connectivity index (χ1) is 17.7. The first kappa shape index (κ1) is 23.6. The number of amidine groups is 1. The molecule has 0 radical (unpaired) electrons. The summed E-state index contributed by atoms with van der Waals surface area (Å²) in [4.78, 5) is 18.3. The van der Waals surface area contributed by atoms with Crippen LogP contribution < -0.4 is 10.2 Å². The summed E-state index contributed by atoms with van der Waals surface area (Å²) in [6.45, 7) is 9.76. The highest BCUT2D eigenvalue weighted by molar-refractivity contribution is 6.36. The zero-order chi connectivity index (χ0) is 25.9. The molecule has 0 atom stereocenters. The molecular weight excluding hydrogens is 494 g/mol. The number of nitrogens with one attached hydrogen (secondary N) is 1. The molecule has 1 fully saturated rings. The van der Waals surface area contributed by atoms with E-state index in [1.165, 1.54) is 5.71 Å². The van der Waals surface area contributed by atoms with Gasteiger partial charge in [-0.15, -0.1) is 5.43 Å². The van der Waals surface area contributed by atoms with Crippen molar-refractivity contribution in [2.45, 2.75) is 34.1 Å². The van der Waals surface area contributed by atoms with Gasteiger partial charge in [0.15, 0.2) is 28.6 Å². The molecule has 1 N–H and O–H groups in total. The summed E-state index contributed by atoms with van der Waals surface area (Å²) < 4.78 is 17.2. The molecule has 6 heterocycles. The molecule has 2 aliphatic rings. The largest absolute Gasteiger partial charge is 0.451 e. The molecule has 0 spiro atoms. The number of allylic oxidation sites excluding steroid dienone is 1. The van der Waals surface area contributed by atoms with Gasteiger partial charge in [0.2, 0.25) is 17.4 Å². The van der Waals surface area contributed by atoms with E-state index in [0.29, 0.717) is 46.1 Å². The zero-order valence-corrected chi connectivity index (χ0v) is 22.0. The van der Waals surface area contributed by atoms with Crippen LogP contribution in [0.4, 0.5) is 5.95 Å². The van der Waals surface area contributed by atoms with Crippen molar-refractivity contribution in [3.05, 3.63) is 47.1 Å². The molecule has 0 unspecified atom stereocenters. The Morgan fingerprint density at radius 3 is 2.84 bits per heavy atom. The average molecular weight is 521 g/mol. The average Bonchev–Trinajstić information content (AvgIpc) is 3.61. The number of nitrogens with zero attached hydrogens (tertiary/aromatic N) is 8. The first-order valence-electron chi connectivity index (χ1n) is 12.0. The van der Waals surface area contributed by atoms with Crippen molar-refractivity contribution in [2.75, 3.05) is 13.2 Å². The lowest BCUT2D eigenvalue weighted by Crippen LogP contribution is -2.35. The number of halogens is 1. The molecule has 12 heteroatoms. The van der Waals surface area contributed by atoms with Gasteiger partial charge in [0.25, 0.3) is 0 Å². The van der Waals surface area contributed by atoms with Crippen LogP contribution in [0.3, 0.4) is 0 Å². The molecule has 4 aromatic rings. The molecule has 0 aromatic carbocycles. The molecule has 4 aromatic heterocycles. The van der Waals surface area contributed by atoms with Crippen LogP contribution in [0, 0.1) is 12.3 Å². The second-order valence-electron chi connectivity index (χ2n) is 10.2. The van der Waals surface area contributed by atoms with Gasteiger partial charge in [-0.05, 0) is 6.92 Å². The number of aromatic nitrogens is 6. The Morgan fingerprint density at radius 2 is 2.08 bits per heavy atom. The van der Waals surface area contributed by atoms with Gasteiger partial charge >= 0.3 is 0 Å².